The van der Waals surface area contributed by atoms with E-state index in [2.05, 4.69) is 10.3 Å². The van der Waals surface area contributed by atoms with Crippen LogP contribution in [0, 0.1) is 17.5 Å². The van der Waals surface area contributed by atoms with Crippen molar-refractivity contribution in [2.75, 3.05) is 53.2 Å². The highest BCUT2D eigenvalue weighted by Gasteiger charge is 2.48. The number of likely N-dealkylation sites (tertiary alicyclic amines) is 1. The molecule has 2 amide bonds. The summed E-state index contributed by atoms with van der Waals surface area (Å²) in [6, 6.07) is 0.607. The SMILES string of the molecule is CCOC(=O)N1CCC(N2CN(C[C@H]3O[C@H](CO)[C@H](O)[C@H](n4cc(-c5cc(F)c(F)c(F)c5)nn4)[C@H]3OC)CC2=O)CC1. The Morgan fingerprint density at radius 2 is 1.86 bits per heavy atom. The minimum Gasteiger partial charge on any atom is -0.450 e. The molecule has 5 rings (SSSR count). The summed E-state index contributed by atoms with van der Waals surface area (Å²) in [6.07, 6.45) is -1.66. The third-order valence-electron chi connectivity index (χ3n) is 8.23. The molecule has 3 saturated heterocycles. The molecule has 3 fully saturated rings. The number of halogens is 3. The Morgan fingerprint density at radius 1 is 1.16 bits per heavy atom. The van der Waals surface area contributed by atoms with Crippen LogP contribution in [0.1, 0.15) is 25.8 Å². The van der Waals surface area contributed by atoms with Crippen LogP contribution >= 0.6 is 0 Å². The van der Waals surface area contributed by atoms with Crippen LogP contribution in [0.4, 0.5) is 18.0 Å². The summed E-state index contributed by atoms with van der Waals surface area (Å²) in [5.74, 6) is -4.44. The van der Waals surface area contributed by atoms with Gasteiger partial charge in [0.05, 0.1) is 38.7 Å². The highest BCUT2D eigenvalue weighted by Crippen LogP contribution is 2.34. The number of piperidine rings is 1. The third-order valence-corrected chi connectivity index (χ3v) is 8.23. The highest BCUT2D eigenvalue weighted by atomic mass is 19.2. The molecule has 0 unspecified atom stereocenters. The van der Waals surface area contributed by atoms with Crippen molar-refractivity contribution in [2.24, 2.45) is 0 Å². The zero-order chi connectivity index (χ0) is 30.8. The number of carbonyl (C=O) groups is 2. The van der Waals surface area contributed by atoms with Gasteiger partial charge in [-0.1, -0.05) is 5.21 Å². The molecule has 16 heteroatoms. The van der Waals surface area contributed by atoms with E-state index < -0.39 is 54.5 Å². The van der Waals surface area contributed by atoms with Crippen molar-refractivity contribution in [2.45, 2.75) is 56.3 Å². The van der Waals surface area contributed by atoms with Crippen LogP contribution in [-0.4, -0.2) is 136 Å². The van der Waals surface area contributed by atoms with Crippen LogP contribution in [0.15, 0.2) is 18.3 Å². The lowest BCUT2D eigenvalue weighted by atomic mass is 9.92. The van der Waals surface area contributed by atoms with Crippen LogP contribution in [0.25, 0.3) is 11.3 Å². The maximum Gasteiger partial charge on any atom is 0.409 e. The van der Waals surface area contributed by atoms with Gasteiger partial charge in [-0.15, -0.1) is 5.10 Å². The number of aliphatic hydroxyl groups excluding tert-OH is 2. The van der Waals surface area contributed by atoms with Gasteiger partial charge in [0.15, 0.2) is 17.5 Å². The van der Waals surface area contributed by atoms with E-state index in [9.17, 15) is 33.0 Å². The minimum absolute atomic E-state index is 0.0261. The van der Waals surface area contributed by atoms with E-state index >= 15 is 0 Å². The molecule has 13 nitrogen and oxygen atoms in total. The van der Waals surface area contributed by atoms with E-state index in [1.54, 1.807) is 16.7 Å². The molecule has 4 heterocycles. The van der Waals surface area contributed by atoms with Gasteiger partial charge in [-0.3, -0.25) is 9.69 Å². The standard InChI is InChI=1S/C27H35F3N6O7/c1-3-42-27(40)34-6-4-16(5-7-34)35-14-33(12-22(35)38)11-20-26(41-2)24(25(39)21(13-37)43-20)36-10-19(31-32-36)15-8-17(28)23(30)18(29)9-15/h8-10,16,20-21,24-26,37,39H,3-7,11-14H2,1-2H3/t20-,21-,24+,25+,26+/m1/s1. The number of benzene rings is 1. The lowest BCUT2D eigenvalue weighted by Gasteiger charge is -2.44. The zero-order valence-corrected chi connectivity index (χ0v) is 23.8. The summed E-state index contributed by atoms with van der Waals surface area (Å²) < 4.78 is 59.2. The molecule has 0 aliphatic carbocycles. The first-order valence-corrected chi connectivity index (χ1v) is 14.1. The minimum atomic E-state index is -1.61. The van der Waals surface area contributed by atoms with Crippen molar-refractivity contribution in [1.82, 2.24) is 29.7 Å². The van der Waals surface area contributed by atoms with Gasteiger partial charge in [-0.05, 0) is 31.9 Å². The molecule has 2 aromatic rings. The third kappa shape index (κ3) is 6.33. The lowest BCUT2D eigenvalue weighted by Crippen LogP contribution is -2.59. The molecule has 43 heavy (non-hydrogen) atoms. The van der Waals surface area contributed by atoms with Crippen LogP contribution in [0.5, 0.6) is 0 Å². The number of rotatable bonds is 8. The monoisotopic (exact) mass is 612 g/mol. The van der Waals surface area contributed by atoms with Gasteiger partial charge in [0.2, 0.25) is 5.91 Å². The predicted molar refractivity (Wildman–Crippen MR) is 142 cm³/mol. The number of aromatic nitrogens is 3. The van der Waals surface area contributed by atoms with Crippen LogP contribution in [0.3, 0.4) is 0 Å². The van der Waals surface area contributed by atoms with Crippen LogP contribution in [-0.2, 0) is 19.0 Å². The molecule has 236 valence electrons. The normalized spacial score (nSPS) is 27.2. The first kappa shape index (κ1) is 31.1. The zero-order valence-electron chi connectivity index (χ0n) is 23.8. The van der Waals surface area contributed by atoms with Crippen LogP contribution in [0.2, 0.25) is 0 Å². The fourth-order valence-corrected chi connectivity index (χ4v) is 6.07. The van der Waals surface area contributed by atoms with Crippen molar-refractivity contribution in [3.63, 3.8) is 0 Å². The van der Waals surface area contributed by atoms with E-state index in [-0.39, 0.29) is 42.4 Å². The molecule has 2 N–H and O–H groups in total. The number of amides is 2. The smallest absolute Gasteiger partial charge is 0.409 e. The van der Waals surface area contributed by atoms with Gasteiger partial charge in [0.25, 0.3) is 0 Å². The number of methoxy groups -OCH3 is 1. The lowest BCUT2D eigenvalue weighted by molar-refractivity contribution is -0.216. The maximum atomic E-state index is 13.8. The molecule has 3 aliphatic rings. The summed E-state index contributed by atoms with van der Waals surface area (Å²) >= 11 is 0. The van der Waals surface area contributed by atoms with Gasteiger partial charge in [0, 0.05) is 38.3 Å². The van der Waals surface area contributed by atoms with Crippen molar-refractivity contribution in [3.8, 4) is 11.3 Å². The Bertz CT molecular complexity index is 1290. The topological polar surface area (TPSA) is 143 Å². The highest BCUT2D eigenvalue weighted by molar-refractivity contribution is 5.80. The quantitative estimate of drug-likeness (QED) is 0.411. The molecular formula is C27H35F3N6O7. The van der Waals surface area contributed by atoms with Gasteiger partial charge in [-0.25, -0.2) is 22.6 Å². The molecular weight excluding hydrogens is 577 g/mol. The second-order valence-electron chi connectivity index (χ2n) is 10.8. The maximum absolute atomic E-state index is 13.8. The molecule has 0 saturated carbocycles. The number of aliphatic hydroxyl groups is 2. The Labute approximate surface area is 245 Å². The average molecular weight is 613 g/mol. The Hall–Kier alpha value is -3.31. The Morgan fingerprint density at radius 3 is 2.49 bits per heavy atom. The van der Waals surface area contributed by atoms with E-state index in [1.807, 2.05) is 4.90 Å². The van der Waals surface area contributed by atoms with E-state index in [0.717, 1.165) is 12.1 Å². The largest absolute Gasteiger partial charge is 0.450 e. The van der Waals surface area contributed by atoms with Gasteiger partial charge in [0.1, 0.15) is 30.0 Å². The number of carbonyl (C=O) groups excluding carboxylic acids is 2. The van der Waals surface area contributed by atoms with E-state index in [0.29, 0.717) is 39.2 Å². The van der Waals surface area contributed by atoms with Crippen molar-refractivity contribution in [1.29, 1.82) is 0 Å². The molecule has 0 radical (unpaired) electrons. The van der Waals surface area contributed by atoms with E-state index in [1.165, 1.54) is 18.0 Å². The van der Waals surface area contributed by atoms with Gasteiger partial charge >= 0.3 is 6.09 Å². The molecule has 1 aromatic heterocycles. The first-order chi connectivity index (χ1) is 20.6. The fourth-order valence-electron chi connectivity index (χ4n) is 6.07. The Balaban J connectivity index is 1.29. The summed E-state index contributed by atoms with van der Waals surface area (Å²) in [4.78, 5) is 30.3. The number of hydrogen-bond donors (Lipinski definition) is 2. The summed E-state index contributed by atoms with van der Waals surface area (Å²) in [5, 5.41) is 29.0. The van der Waals surface area contributed by atoms with E-state index in [4.69, 9.17) is 14.2 Å². The molecule has 5 atom stereocenters. The molecule has 0 bridgehead atoms. The average Bonchev–Trinajstić information content (AvgIpc) is 3.63. The summed E-state index contributed by atoms with van der Waals surface area (Å²) in [5.41, 5.74) is -0.0320. The molecule has 0 spiro atoms. The summed E-state index contributed by atoms with van der Waals surface area (Å²) in [6.45, 7) is 3.17. The fraction of sp³-hybridized carbons (Fsp3) is 0.630. The molecule has 3 aliphatic heterocycles. The Kier molecular flexibility index (Phi) is 9.51. The number of nitrogens with zero attached hydrogens (tertiary/aromatic N) is 6. The van der Waals surface area contributed by atoms with Crippen molar-refractivity contribution < 1.29 is 47.2 Å². The second kappa shape index (κ2) is 13.1. The van der Waals surface area contributed by atoms with Crippen LogP contribution < -0.4 is 0 Å². The number of ether oxygens (including phenoxy) is 3. The predicted octanol–water partition coefficient (Wildman–Crippen LogP) is 0.762. The second-order valence-corrected chi connectivity index (χ2v) is 10.8. The first-order valence-electron chi connectivity index (χ1n) is 14.1. The van der Waals surface area contributed by atoms with Gasteiger partial charge in [-0.2, -0.15) is 0 Å². The summed E-state index contributed by atoms with van der Waals surface area (Å²) in [7, 11) is 1.42. The van der Waals surface area contributed by atoms with Crippen molar-refractivity contribution >= 4 is 12.0 Å². The van der Waals surface area contributed by atoms with Gasteiger partial charge < -0.3 is 34.2 Å². The van der Waals surface area contributed by atoms with Crippen molar-refractivity contribution in [3.05, 3.63) is 35.8 Å². The number of hydrogen-bond acceptors (Lipinski definition) is 10. The molecule has 1 aromatic carbocycles.